The molecule has 1 rings (SSSR count). The third-order valence-corrected chi connectivity index (χ3v) is 2.79. The number of hydrogen-bond donors (Lipinski definition) is 2. The molecule has 5 nitrogen and oxygen atoms in total. The van der Waals surface area contributed by atoms with Crippen molar-refractivity contribution in [3.05, 3.63) is 17.0 Å². The Kier molecular flexibility index (Phi) is 5.66. The van der Waals surface area contributed by atoms with Crippen LogP contribution in [0.2, 0.25) is 0 Å². The lowest BCUT2D eigenvalue weighted by molar-refractivity contribution is -0.117. The summed E-state index contributed by atoms with van der Waals surface area (Å²) in [6.45, 7) is -0.803. The minimum atomic E-state index is -2.55. The van der Waals surface area contributed by atoms with Gasteiger partial charge in [-0.25, -0.2) is 13.6 Å². The van der Waals surface area contributed by atoms with Gasteiger partial charge in [0.15, 0.2) is 0 Å². The van der Waals surface area contributed by atoms with Gasteiger partial charge in [0.2, 0.25) is 5.91 Å². The van der Waals surface area contributed by atoms with Crippen LogP contribution in [0.1, 0.15) is 16.1 Å². The lowest BCUT2D eigenvalue weighted by Gasteiger charge is -2.03. The number of nitrogens with one attached hydrogen (secondary N) is 1. The Balaban J connectivity index is 2.29. The molecule has 0 aliphatic carbocycles. The van der Waals surface area contributed by atoms with Crippen molar-refractivity contribution in [2.75, 3.05) is 18.5 Å². The van der Waals surface area contributed by atoms with E-state index in [1.807, 2.05) is 0 Å². The fourth-order valence-corrected chi connectivity index (χ4v) is 1.82. The van der Waals surface area contributed by atoms with Gasteiger partial charge < -0.3 is 15.2 Å². The van der Waals surface area contributed by atoms with Gasteiger partial charge in [-0.05, 0) is 12.1 Å². The number of alkyl halides is 2. The summed E-state index contributed by atoms with van der Waals surface area (Å²) in [5, 5.41) is 11.5. The summed E-state index contributed by atoms with van der Waals surface area (Å²) in [7, 11) is 0. The molecule has 18 heavy (non-hydrogen) atoms. The third-order valence-electron chi connectivity index (χ3n) is 1.80. The summed E-state index contributed by atoms with van der Waals surface area (Å²) in [5.74, 6) is -1.48. The zero-order chi connectivity index (χ0) is 13.5. The molecule has 0 saturated heterocycles. The summed E-state index contributed by atoms with van der Waals surface area (Å²) in [4.78, 5) is 22.0. The third kappa shape index (κ3) is 5.19. The maximum absolute atomic E-state index is 11.7. The maximum atomic E-state index is 11.7. The van der Waals surface area contributed by atoms with E-state index in [0.717, 1.165) is 11.3 Å². The largest absolute Gasteiger partial charge is 0.477 e. The molecule has 1 amide bonds. The number of rotatable bonds is 7. The highest BCUT2D eigenvalue weighted by molar-refractivity contribution is 7.18. The normalized spacial score (nSPS) is 10.6. The number of carboxylic acid groups (broad SMARTS) is 1. The predicted octanol–water partition coefficient (Wildman–Crippen LogP) is 2.06. The van der Waals surface area contributed by atoms with E-state index in [2.05, 4.69) is 10.1 Å². The molecule has 0 radical (unpaired) electrons. The lowest BCUT2D eigenvalue weighted by atomic mass is 10.4. The molecule has 0 unspecified atom stereocenters. The van der Waals surface area contributed by atoms with Crippen molar-refractivity contribution in [1.29, 1.82) is 0 Å². The van der Waals surface area contributed by atoms with Crippen LogP contribution >= 0.6 is 11.3 Å². The van der Waals surface area contributed by atoms with Crippen molar-refractivity contribution in [3.8, 4) is 0 Å². The number of amides is 1. The van der Waals surface area contributed by atoms with Gasteiger partial charge in [0, 0.05) is 0 Å². The van der Waals surface area contributed by atoms with Crippen molar-refractivity contribution in [2.45, 2.75) is 12.8 Å². The van der Waals surface area contributed by atoms with Gasteiger partial charge in [-0.1, -0.05) is 0 Å². The number of halogens is 2. The van der Waals surface area contributed by atoms with Crippen molar-refractivity contribution < 1.29 is 28.2 Å². The van der Waals surface area contributed by atoms with Gasteiger partial charge in [-0.3, -0.25) is 4.79 Å². The van der Waals surface area contributed by atoms with Crippen LogP contribution in [0.25, 0.3) is 0 Å². The zero-order valence-electron chi connectivity index (χ0n) is 9.19. The molecule has 0 bridgehead atoms. The van der Waals surface area contributed by atoms with Gasteiger partial charge in [0.25, 0.3) is 6.43 Å². The van der Waals surface area contributed by atoms with E-state index < -0.39 is 24.9 Å². The van der Waals surface area contributed by atoms with Crippen LogP contribution in [-0.2, 0) is 9.53 Å². The van der Waals surface area contributed by atoms with Crippen molar-refractivity contribution >= 4 is 28.2 Å². The molecule has 0 aliphatic heterocycles. The van der Waals surface area contributed by atoms with Gasteiger partial charge >= 0.3 is 5.97 Å². The van der Waals surface area contributed by atoms with Crippen LogP contribution in [0, 0.1) is 0 Å². The number of thiophene rings is 1. The topological polar surface area (TPSA) is 75.6 Å². The maximum Gasteiger partial charge on any atom is 0.345 e. The minimum absolute atomic E-state index is 0.0625. The van der Waals surface area contributed by atoms with E-state index in [0.29, 0.717) is 5.00 Å². The Bertz CT molecular complexity index is 422. The monoisotopic (exact) mass is 279 g/mol. The van der Waals surface area contributed by atoms with Crippen LogP contribution in [0.3, 0.4) is 0 Å². The standard InChI is InChI=1S/C10H11F2NO4S/c11-7(12)5-17-4-3-8(14)13-9-2-1-6(18-9)10(15)16/h1-2,7H,3-5H2,(H,13,14)(H,15,16). The van der Waals surface area contributed by atoms with E-state index in [-0.39, 0.29) is 17.9 Å². The number of carboxylic acids is 1. The second-order valence-corrected chi connectivity index (χ2v) is 4.32. The molecule has 0 spiro atoms. The molecule has 0 fully saturated rings. The van der Waals surface area contributed by atoms with Crippen LogP contribution in [0.5, 0.6) is 0 Å². The molecule has 1 heterocycles. The highest BCUT2D eigenvalue weighted by Gasteiger charge is 2.09. The number of carbonyl (C=O) groups excluding carboxylic acids is 1. The van der Waals surface area contributed by atoms with Crippen LogP contribution in [0.4, 0.5) is 13.8 Å². The Labute approximate surface area is 105 Å². The summed E-state index contributed by atoms with van der Waals surface area (Å²) in [6, 6.07) is 2.84. The Morgan fingerprint density at radius 1 is 1.44 bits per heavy atom. The average molecular weight is 279 g/mol. The first-order valence-corrected chi connectivity index (χ1v) is 5.79. The predicted molar refractivity (Wildman–Crippen MR) is 61.3 cm³/mol. The summed E-state index contributed by atoms with van der Waals surface area (Å²) in [6.07, 6.45) is -2.61. The molecule has 8 heteroatoms. The molecule has 0 aromatic carbocycles. The molecule has 0 atom stereocenters. The Morgan fingerprint density at radius 2 is 2.17 bits per heavy atom. The smallest absolute Gasteiger partial charge is 0.345 e. The molecule has 2 N–H and O–H groups in total. The van der Waals surface area contributed by atoms with Crippen molar-refractivity contribution in [3.63, 3.8) is 0 Å². The molecule has 0 saturated carbocycles. The zero-order valence-corrected chi connectivity index (χ0v) is 10.0. The van der Waals surface area contributed by atoms with Crippen molar-refractivity contribution in [1.82, 2.24) is 0 Å². The van der Waals surface area contributed by atoms with Gasteiger partial charge in [0.05, 0.1) is 18.0 Å². The Morgan fingerprint density at radius 3 is 2.72 bits per heavy atom. The number of carbonyl (C=O) groups is 2. The van der Waals surface area contributed by atoms with E-state index in [9.17, 15) is 18.4 Å². The SMILES string of the molecule is O=C(CCOCC(F)F)Nc1ccc(C(=O)O)s1. The molecular formula is C10H11F2NO4S. The van der Waals surface area contributed by atoms with Crippen molar-refractivity contribution in [2.24, 2.45) is 0 Å². The van der Waals surface area contributed by atoms with Gasteiger partial charge in [-0.15, -0.1) is 11.3 Å². The van der Waals surface area contributed by atoms with E-state index >= 15 is 0 Å². The first-order valence-electron chi connectivity index (χ1n) is 4.98. The van der Waals surface area contributed by atoms with Crippen LogP contribution in [0.15, 0.2) is 12.1 Å². The molecule has 100 valence electrons. The first-order chi connectivity index (χ1) is 8.49. The molecule has 1 aromatic rings. The number of hydrogen-bond acceptors (Lipinski definition) is 4. The summed E-state index contributed by atoms with van der Waals surface area (Å²) >= 11 is 0.921. The number of ether oxygens (including phenoxy) is 1. The second-order valence-electron chi connectivity index (χ2n) is 3.23. The highest BCUT2D eigenvalue weighted by atomic mass is 32.1. The van der Waals surface area contributed by atoms with E-state index in [1.165, 1.54) is 12.1 Å². The minimum Gasteiger partial charge on any atom is -0.477 e. The Hall–Kier alpha value is -1.54. The van der Waals surface area contributed by atoms with E-state index in [1.54, 1.807) is 0 Å². The number of anilines is 1. The average Bonchev–Trinajstić information content (AvgIpc) is 2.72. The molecular weight excluding hydrogens is 268 g/mol. The van der Waals surface area contributed by atoms with Gasteiger partial charge in [-0.2, -0.15) is 0 Å². The fourth-order valence-electron chi connectivity index (χ4n) is 1.06. The van der Waals surface area contributed by atoms with Crippen LogP contribution in [-0.4, -0.2) is 36.6 Å². The first kappa shape index (κ1) is 14.5. The second kappa shape index (κ2) is 7.02. The highest BCUT2D eigenvalue weighted by Crippen LogP contribution is 2.21. The van der Waals surface area contributed by atoms with Crippen LogP contribution < -0.4 is 5.32 Å². The quantitative estimate of drug-likeness (QED) is 0.749. The summed E-state index contributed by atoms with van der Waals surface area (Å²) < 4.78 is 28.0. The summed E-state index contributed by atoms with van der Waals surface area (Å²) in [5.41, 5.74) is 0. The fraction of sp³-hybridized carbons (Fsp3) is 0.400. The number of aromatic carboxylic acids is 1. The van der Waals surface area contributed by atoms with E-state index in [4.69, 9.17) is 5.11 Å². The lowest BCUT2D eigenvalue weighted by Crippen LogP contribution is -2.15. The molecule has 0 aliphatic rings. The van der Waals surface area contributed by atoms with Gasteiger partial charge in [0.1, 0.15) is 11.5 Å². The molecule has 1 aromatic heterocycles.